The first-order chi connectivity index (χ1) is 8.15. The van der Waals surface area contributed by atoms with E-state index >= 15 is 0 Å². The Hall–Kier alpha value is -1.33. The van der Waals surface area contributed by atoms with Crippen molar-refractivity contribution < 1.29 is 4.52 Å². The molecular weight excluding hydrogens is 282 g/mol. The van der Waals surface area contributed by atoms with Gasteiger partial charge in [-0.3, -0.25) is 4.90 Å². The van der Waals surface area contributed by atoms with Gasteiger partial charge in [0.05, 0.1) is 6.54 Å². The summed E-state index contributed by atoms with van der Waals surface area (Å²) in [5.41, 5.74) is 6.74. The van der Waals surface area contributed by atoms with Crippen molar-refractivity contribution in [2.24, 2.45) is 0 Å². The van der Waals surface area contributed by atoms with Gasteiger partial charge in [-0.25, -0.2) is 0 Å². The van der Waals surface area contributed by atoms with Crippen molar-refractivity contribution in [3.63, 3.8) is 0 Å². The third kappa shape index (κ3) is 3.31. The fourth-order valence-corrected chi connectivity index (χ4v) is 2.05. The minimum Gasteiger partial charge on any atom is -0.381 e. The molecule has 2 N–H and O–H groups in total. The molecule has 1 aromatic heterocycles. The van der Waals surface area contributed by atoms with E-state index in [0.717, 1.165) is 16.8 Å². The van der Waals surface area contributed by atoms with Crippen LogP contribution >= 0.6 is 15.9 Å². The number of hydrogen-bond acceptors (Lipinski definition) is 4. The fraction of sp³-hybridized carbons (Fsp3) is 0.250. The molecule has 0 radical (unpaired) electrons. The van der Waals surface area contributed by atoms with E-state index in [-0.39, 0.29) is 0 Å². The molecule has 0 aliphatic heterocycles. The van der Waals surface area contributed by atoms with Crippen molar-refractivity contribution >= 4 is 21.7 Å². The number of hydrogen-bond donors (Lipinski definition) is 1. The summed E-state index contributed by atoms with van der Waals surface area (Å²) in [4.78, 5) is 2.14. The number of nitrogens with zero attached hydrogens (tertiary/aromatic N) is 2. The van der Waals surface area contributed by atoms with Gasteiger partial charge in [0, 0.05) is 17.1 Å². The number of aromatic nitrogens is 1. The molecule has 0 saturated carbocycles. The number of halogens is 1. The highest BCUT2D eigenvalue weighted by molar-refractivity contribution is 9.10. The van der Waals surface area contributed by atoms with Crippen LogP contribution in [0.3, 0.4) is 0 Å². The van der Waals surface area contributed by atoms with E-state index in [2.05, 4.69) is 32.1 Å². The van der Waals surface area contributed by atoms with Gasteiger partial charge in [0.25, 0.3) is 0 Å². The van der Waals surface area contributed by atoms with E-state index in [1.807, 2.05) is 25.2 Å². The molecule has 0 aliphatic carbocycles. The third-order valence-electron chi connectivity index (χ3n) is 2.40. The summed E-state index contributed by atoms with van der Waals surface area (Å²) in [5.74, 6) is 1.20. The summed E-state index contributed by atoms with van der Waals surface area (Å²) in [6, 6.07) is 9.91. The average Bonchev–Trinajstić information content (AvgIpc) is 2.67. The maximum atomic E-state index is 5.50. The van der Waals surface area contributed by atoms with Gasteiger partial charge in [-0.2, -0.15) is 0 Å². The van der Waals surface area contributed by atoms with Crippen molar-refractivity contribution in [2.45, 2.75) is 13.1 Å². The Balaban J connectivity index is 1.98. The number of nitrogen functional groups attached to an aromatic ring is 1. The third-order valence-corrected chi connectivity index (χ3v) is 3.17. The van der Waals surface area contributed by atoms with E-state index < -0.39 is 0 Å². The summed E-state index contributed by atoms with van der Waals surface area (Å²) in [5, 5.41) is 3.66. The second-order valence-electron chi connectivity index (χ2n) is 3.98. The maximum absolute atomic E-state index is 5.50. The van der Waals surface area contributed by atoms with Crippen molar-refractivity contribution in [2.75, 3.05) is 12.8 Å². The first kappa shape index (κ1) is 12.1. The number of nitrogens with two attached hydrogens (primary N) is 1. The number of benzene rings is 1. The first-order valence-corrected chi connectivity index (χ1v) is 6.07. The molecule has 0 bridgehead atoms. The Morgan fingerprint density at radius 3 is 2.76 bits per heavy atom. The van der Waals surface area contributed by atoms with Crippen LogP contribution in [0.5, 0.6) is 0 Å². The summed E-state index contributed by atoms with van der Waals surface area (Å²) < 4.78 is 6.19. The Morgan fingerprint density at radius 1 is 1.35 bits per heavy atom. The van der Waals surface area contributed by atoms with E-state index in [9.17, 15) is 0 Å². The van der Waals surface area contributed by atoms with Gasteiger partial charge in [-0.15, -0.1) is 0 Å². The molecule has 0 saturated heterocycles. The summed E-state index contributed by atoms with van der Waals surface area (Å²) in [6.07, 6.45) is 0. The summed E-state index contributed by atoms with van der Waals surface area (Å²) in [6.45, 7) is 1.52. The molecule has 0 atom stereocenters. The van der Waals surface area contributed by atoms with Gasteiger partial charge in [-0.1, -0.05) is 39.3 Å². The first-order valence-electron chi connectivity index (χ1n) is 5.28. The average molecular weight is 296 g/mol. The lowest BCUT2D eigenvalue weighted by Gasteiger charge is -2.15. The monoisotopic (exact) mass is 295 g/mol. The molecular formula is C12H14BrN3O. The van der Waals surface area contributed by atoms with Crippen LogP contribution in [0.25, 0.3) is 0 Å². The number of anilines is 1. The summed E-state index contributed by atoms with van der Waals surface area (Å²) in [7, 11) is 2.03. The fourth-order valence-electron chi connectivity index (χ4n) is 1.64. The topological polar surface area (TPSA) is 55.3 Å². The minimum atomic E-state index is 0.425. The molecule has 0 aliphatic rings. The SMILES string of the molecule is CN(Cc1cc(N)no1)Cc1ccccc1Br. The molecule has 5 heteroatoms. The van der Waals surface area contributed by atoms with Crippen LogP contribution < -0.4 is 5.73 Å². The zero-order chi connectivity index (χ0) is 12.3. The molecule has 0 fully saturated rings. The van der Waals surface area contributed by atoms with Gasteiger partial charge in [0.2, 0.25) is 0 Å². The molecule has 17 heavy (non-hydrogen) atoms. The Kier molecular flexibility index (Phi) is 3.81. The predicted octanol–water partition coefficient (Wildman–Crippen LogP) is 2.65. The highest BCUT2D eigenvalue weighted by Gasteiger charge is 2.07. The number of rotatable bonds is 4. The quantitative estimate of drug-likeness (QED) is 0.942. The van der Waals surface area contributed by atoms with E-state index in [1.165, 1.54) is 5.56 Å². The van der Waals surface area contributed by atoms with E-state index in [0.29, 0.717) is 12.4 Å². The maximum Gasteiger partial charge on any atom is 0.167 e. The molecule has 4 nitrogen and oxygen atoms in total. The molecule has 0 amide bonds. The summed E-state index contributed by atoms with van der Waals surface area (Å²) >= 11 is 3.53. The smallest absolute Gasteiger partial charge is 0.167 e. The van der Waals surface area contributed by atoms with Crippen LogP contribution in [0, 0.1) is 0 Å². The van der Waals surface area contributed by atoms with Gasteiger partial charge >= 0.3 is 0 Å². The highest BCUT2D eigenvalue weighted by atomic mass is 79.9. The second kappa shape index (κ2) is 5.33. The standard InChI is InChI=1S/C12H14BrN3O/c1-16(8-10-6-12(14)15-17-10)7-9-4-2-3-5-11(9)13/h2-6H,7-8H2,1H3,(H2,14,15). The molecule has 0 spiro atoms. The van der Waals surface area contributed by atoms with Gasteiger partial charge in [0.1, 0.15) is 0 Å². The Morgan fingerprint density at radius 2 is 2.12 bits per heavy atom. The van der Waals surface area contributed by atoms with Crippen molar-refractivity contribution in [1.82, 2.24) is 10.1 Å². The van der Waals surface area contributed by atoms with Gasteiger partial charge in [-0.05, 0) is 18.7 Å². The molecule has 2 rings (SSSR count). The predicted molar refractivity (Wildman–Crippen MR) is 70.2 cm³/mol. The van der Waals surface area contributed by atoms with E-state index in [4.69, 9.17) is 10.3 Å². The molecule has 1 aromatic carbocycles. The van der Waals surface area contributed by atoms with Gasteiger partial charge < -0.3 is 10.3 Å². The Labute approximate surface area is 109 Å². The molecule has 0 unspecified atom stereocenters. The minimum absolute atomic E-state index is 0.425. The highest BCUT2D eigenvalue weighted by Crippen LogP contribution is 2.18. The van der Waals surface area contributed by atoms with Crippen LogP contribution in [-0.4, -0.2) is 17.1 Å². The largest absolute Gasteiger partial charge is 0.381 e. The second-order valence-corrected chi connectivity index (χ2v) is 4.84. The zero-order valence-electron chi connectivity index (χ0n) is 9.56. The van der Waals surface area contributed by atoms with Crippen molar-refractivity contribution in [3.8, 4) is 0 Å². The normalized spacial score (nSPS) is 11.0. The van der Waals surface area contributed by atoms with Crippen LogP contribution in [0.1, 0.15) is 11.3 Å². The van der Waals surface area contributed by atoms with E-state index in [1.54, 1.807) is 6.07 Å². The van der Waals surface area contributed by atoms with Crippen LogP contribution in [0.4, 0.5) is 5.82 Å². The molecule has 90 valence electrons. The van der Waals surface area contributed by atoms with Crippen LogP contribution in [0.15, 0.2) is 39.3 Å². The Bertz CT molecular complexity index is 498. The molecule has 2 aromatic rings. The lowest BCUT2D eigenvalue weighted by Crippen LogP contribution is -2.17. The van der Waals surface area contributed by atoms with Crippen molar-refractivity contribution in [3.05, 3.63) is 46.1 Å². The van der Waals surface area contributed by atoms with Gasteiger partial charge in [0.15, 0.2) is 11.6 Å². The van der Waals surface area contributed by atoms with Crippen LogP contribution in [0.2, 0.25) is 0 Å². The van der Waals surface area contributed by atoms with Crippen LogP contribution in [-0.2, 0) is 13.1 Å². The zero-order valence-corrected chi connectivity index (χ0v) is 11.1. The molecule has 1 heterocycles. The lowest BCUT2D eigenvalue weighted by molar-refractivity contribution is 0.267. The van der Waals surface area contributed by atoms with Crippen molar-refractivity contribution in [1.29, 1.82) is 0 Å². The lowest BCUT2D eigenvalue weighted by atomic mass is 10.2.